The van der Waals surface area contributed by atoms with Crippen molar-refractivity contribution in [3.63, 3.8) is 0 Å². The van der Waals surface area contributed by atoms with Gasteiger partial charge in [-0.3, -0.25) is 29.0 Å². The number of likely N-dealkylation sites (tertiary alicyclic amines) is 2. The summed E-state index contributed by atoms with van der Waals surface area (Å²) in [6, 6.07) is 0. The first-order valence-corrected chi connectivity index (χ1v) is 9.31. The molecule has 26 heavy (non-hydrogen) atoms. The van der Waals surface area contributed by atoms with Crippen molar-refractivity contribution in [2.75, 3.05) is 0 Å². The molecule has 5 rings (SSSR count). The quantitative estimate of drug-likeness (QED) is 0.487. The van der Waals surface area contributed by atoms with Gasteiger partial charge in [-0.25, -0.2) is 0 Å². The number of amides is 4. The average molecular weight is 358 g/mol. The third-order valence-electron chi connectivity index (χ3n) is 6.35. The van der Waals surface area contributed by atoms with Crippen LogP contribution >= 0.6 is 0 Å². The average Bonchev–Trinajstić information content (AvgIpc) is 2.93. The first-order valence-electron chi connectivity index (χ1n) is 9.31. The van der Waals surface area contributed by atoms with Gasteiger partial charge in [0.15, 0.2) is 0 Å². The molecule has 2 heterocycles. The second-order valence-electron chi connectivity index (χ2n) is 10.0. The summed E-state index contributed by atoms with van der Waals surface area (Å²) < 4.78 is 0. The summed E-state index contributed by atoms with van der Waals surface area (Å²) in [6.45, 7) is 11.0. The van der Waals surface area contributed by atoms with Gasteiger partial charge in [0.25, 0.3) is 0 Å². The molecular weight excluding hydrogens is 332 g/mol. The highest BCUT2D eigenvalue weighted by Crippen LogP contribution is 2.59. The summed E-state index contributed by atoms with van der Waals surface area (Å²) in [7, 11) is 0. The van der Waals surface area contributed by atoms with Crippen LogP contribution in [0.15, 0.2) is 12.2 Å². The fourth-order valence-corrected chi connectivity index (χ4v) is 5.55. The van der Waals surface area contributed by atoms with Gasteiger partial charge in [-0.1, -0.05) is 12.2 Å². The van der Waals surface area contributed by atoms with Crippen molar-refractivity contribution in [3.8, 4) is 0 Å². The van der Waals surface area contributed by atoms with Crippen molar-refractivity contribution in [1.82, 2.24) is 9.80 Å². The number of allylic oxidation sites excluding steroid dienone is 2. The molecule has 3 fully saturated rings. The summed E-state index contributed by atoms with van der Waals surface area (Å²) >= 11 is 0. The van der Waals surface area contributed by atoms with E-state index in [-0.39, 0.29) is 35.5 Å². The summed E-state index contributed by atoms with van der Waals surface area (Å²) in [6.07, 6.45) is 3.81. The Morgan fingerprint density at radius 2 is 0.808 bits per heavy atom. The summed E-state index contributed by atoms with van der Waals surface area (Å²) in [5.41, 5.74) is -1.21. The van der Waals surface area contributed by atoms with Crippen molar-refractivity contribution in [2.45, 2.75) is 52.6 Å². The van der Waals surface area contributed by atoms with Gasteiger partial charge in [-0.05, 0) is 41.5 Å². The van der Waals surface area contributed by atoms with Crippen LogP contribution in [-0.2, 0) is 19.2 Å². The van der Waals surface area contributed by atoms with E-state index in [0.717, 1.165) is 0 Å². The minimum atomic E-state index is -0.606. The van der Waals surface area contributed by atoms with Gasteiger partial charge in [0.2, 0.25) is 23.6 Å². The predicted octanol–water partition coefficient (Wildman–Crippen LogP) is 1.60. The van der Waals surface area contributed by atoms with Gasteiger partial charge in [0, 0.05) is 22.9 Å². The van der Waals surface area contributed by atoms with Gasteiger partial charge in [0.05, 0.1) is 23.7 Å². The van der Waals surface area contributed by atoms with E-state index in [1.54, 1.807) is 0 Å². The van der Waals surface area contributed by atoms with Crippen LogP contribution < -0.4 is 0 Å². The van der Waals surface area contributed by atoms with Crippen molar-refractivity contribution >= 4 is 23.6 Å². The van der Waals surface area contributed by atoms with Crippen molar-refractivity contribution in [1.29, 1.82) is 0 Å². The minimum absolute atomic E-state index is 0.195. The molecule has 4 amide bonds. The van der Waals surface area contributed by atoms with Crippen LogP contribution in [0.5, 0.6) is 0 Å². The number of rotatable bonds is 0. The summed E-state index contributed by atoms with van der Waals surface area (Å²) in [5, 5.41) is 0. The van der Waals surface area contributed by atoms with E-state index in [4.69, 9.17) is 0 Å². The molecular formula is C20H26N2O4. The Bertz CT molecular complexity index is 662. The lowest BCUT2D eigenvalue weighted by Crippen LogP contribution is -2.50. The van der Waals surface area contributed by atoms with Crippen LogP contribution in [0.4, 0.5) is 0 Å². The van der Waals surface area contributed by atoms with E-state index in [2.05, 4.69) is 0 Å². The lowest BCUT2D eigenvalue weighted by Gasteiger charge is -2.44. The second-order valence-corrected chi connectivity index (χ2v) is 10.0. The predicted molar refractivity (Wildman–Crippen MR) is 93.3 cm³/mol. The van der Waals surface area contributed by atoms with Crippen LogP contribution in [0, 0.1) is 35.5 Å². The highest BCUT2D eigenvalue weighted by Gasteiger charge is 2.69. The maximum Gasteiger partial charge on any atom is 0.234 e. The molecule has 3 aliphatic carbocycles. The Balaban J connectivity index is 1.80. The molecule has 0 N–H and O–H groups in total. The molecule has 0 aromatic heterocycles. The maximum atomic E-state index is 13.1. The molecule has 2 bridgehead atoms. The van der Waals surface area contributed by atoms with Crippen LogP contribution in [0.1, 0.15) is 41.5 Å². The Hall–Kier alpha value is -1.98. The van der Waals surface area contributed by atoms with Gasteiger partial charge >= 0.3 is 0 Å². The van der Waals surface area contributed by atoms with E-state index in [9.17, 15) is 19.2 Å². The van der Waals surface area contributed by atoms with E-state index < -0.39 is 34.7 Å². The van der Waals surface area contributed by atoms with Crippen LogP contribution in [0.2, 0.25) is 0 Å². The van der Waals surface area contributed by atoms with Gasteiger partial charge in [-0.2, -0.15) is 0 Å². The molecule has 140 valence electrons. The summed E-state index contributed by atoms with van der Waals surface area (Å²) in [5.74, 6) is -3.60. The Kier molecular flexibility index (Phi) is 3.25. The summed E-state index contributed by atoms with van der Waals surface area (Å²) in [4.78, 5) is 55.1. The van der Waals surface area contributed by atoms with Gasteiger partial charge < -0.3 is 0 Å². The molecule has 0 aromatic rings. The number of imide groups is 2. The van der Waals surface area contributed by atoms with Crippen LogP contribution in [0.3, 0.4) is 0 Å². The smallest absolute Gasteiger partial charge is 0.234 e. The van der Waals surface area contributed by atoms with E-state index >= 15 is 0 Å². The van der Waals surface area contributed by atoms with Crippen LogP contribution in [-0.4, -0.2) is 44.5 Å². The largest absolute Gasteiger partial charge is 0.277 e. The molecule has 0 aromatic carbocycles. The van der Waals surface area contributed by atoms with Crippen molar-refractivity contribution < 1.29 is 19.2 Å². The second kappa shape index (κ2) is 4.84. The van der Waals surface area contributed by atoms with Gasteiger partial charge in [-0.15, -0.1) is 0 Å². The molecule has 2 aliphatic heterocycles. The molecule has 6 heteroatoms. The fraction of sp³-hybridized carbons (Fsp3) is 0.700. The zero-order chi connectivity index (χ0) is 19.3. The molecule has 6 nitrogen and oxygen atoms in total. The molecule has 0 radical (unpaired) electrons. The van der Waals surface area contributed by atoms with Crippen LogP contribution in [0.25, 0.3) is 0 Å². The number of hydrogen-bond donors (Lipinski definition) is 0. The number of carbonyl (C=O) groups excluding carboxylic acids is 4. The van der Waals surface area contributed by atoms with E-state index in [0.29, 0.717) is 0 Å². The maximum absolute atomic E-state index is 13.1. The zero-order valence-corrected chi connectivity index (χ0v) is 16.1. The Morgan fingerprint density at radius 3 is 1.00 bits per heavy atom. The van der Waals surface area contributed by atoms with E-state index in [1.807, 2.05) is 53.7 Å². The number of hydrogen-bond acceptors (Lipinski definition) is 4. The monoisotopic (exact) mass is 358 g/mol. The first-order chi connectivity index (χ1) is 11.9. The highest BCUT2D eigenvalue weighted by atomic mass is 16.2. The molecule has 5 aliphatic rings. The lowest BCUT2D eigenvalue weighted by atomic mass is 9.54. The third kappa shape index (κ3) is 1.93. The Labute approximate surface area is 153 Å². The zero-order valence-electron chi connectivity index (χ0n) is 16.1. The lowest BCUT2D eigenvalue weighted by molar-refractivity contribution is -0.145. The molecule has 4 atom stereocenters. The van der Waals surface area contributed by atoms with E-state index in [1.165, 1.54) is 9.80 Å². The highest BCUT2D eigenvalue weighted by molar-refractivity contribution is 6.11. The van der Waals surface area contributed by atoms with Crippen molar-refractivity contribution in [2.24, 2.45) is 35.5 Å². The molecule has 0 spiro atoms. The molecule has 0 unspecified atom stereocenters. The number of carbonyl (C=O) groups is 4. The third-order valence-corrected chi connectivity index (χ3v) is 6.35. The topological polar surface area (TPSA) is 74.8 Å². The van der Waals surface area contributed by atoms with Gasteiger partial charge in [0.1, 0.15) is 0 Å². The molecule has 1 saturated carbocycles. The number of nitrogens with zero attached hydrogens (tertiary/aromatic N) is 2. The normalized spacial score (nSPS) is 39.2. The van der Waals surface area contributed by atoms with Crippen molar-refractivity contribution in [3.05, 3.63) is 12.2 Å². The SMILES string of the molecule is CC(C)(C)N1C(=O)[C@@H]2C3C=CC([C@@H]2C1=O)[C@@H]1C(=O)N(C(C)(C)C)C(=O)[C@H]31. The first kappa shape index (κ1) is 17.4. The Morgan fingerprint density at radius 1 is 0.577 bits per heavy atom. The molecule has 2 saturated heterocycles. The minimum Gasteiger partial charge on any atom is -0.277 e. The standard InChI is InChI=1S/C20H26N2O4/c1-19(2,3)21-15(23)11-9-7-8-10(12(11)16(21)24)14-13(9)17(25)22(18(14)26)20(4,5)6/h7-14H,1-6H3/t9?,10?,11-,12+,13-,14+. The fourth-order valence-electron chi connectivity index (χ4n) is 5.55.